The molecule has 1 aliphatic heterocycles. The highest BCUT2D eigenvalue weighted by atomic mass is 32.1. The minimum atomic E-state index is -0.937. The van der Waals surface area contributed by atoms with Crippen molar-refractivity contribution < 1.29 is 19.4 Å². The number of carboxylic acid groups (broad SMARTS) is 1. The number of aliphatic carboxylic acids is 1. The van der Waals surface area contributed by atoms with E-state index >= 15 is 0 Å². The molecule has 1 aliphatic rings. The molecule has 8 heteroatoms. The second-order valence-electron chi connectivity index (χ2n) is 4.54. The van der Waals surface area contributed by atoms with E-state index in [1.54, 1.807) is 0 Å². The number of aromatic nitrogens is 1. The topological polar surface area (TPSA) is 91.8 Å². The molecule has 0 aliphatic carbocycles. The van der Waals surface area contributed by atoms with Crippen molar-refractivity contribution in [3.8, 4) is 0 Å². The molecule has 1 aromatic heterocycles. The van der Waals surface area contributed by atoms with Crippen LogP contribution in [0.3, 0.4) is 0 Å². The molecule has 2 amide bonds. The van der Waals surface area contributed by atoms with Crippen molar-refractivity contribution in [2.24, 2.45) is 0 Å². The van der Waals surface area contributed by atoms with Crippen molar-refractivity contribution in [2.45, 2.75) is 25.9 Å². The number of nitrogens with one attached hydrogen (secondary N) is 1. The highest BCUT2D eigenvalue weighted by Crippen LogP contribution is 2.12. The van der Waals surface area contributed by atoms with Crippen molar-refractivity contribution in [3.05, 3.63) is 16.1 Å². The molecular formula is C12H17N3O4S. The van der Waals surface area contributed by atoms with E-state index in [1.807, 2.05) is 12.3 Å². The maximum Gasteiger partial charge on any atom is 0.318 e. The summed E-state index contributed by atoms with van der Waals surface area (Å²) < 4.78 is 5.23. The smallest absolute Gasteiger partial charge is 0.318 e. The van der Waals surface area contributed by atoms with Gasteiger partial charge in [0.1, 0.15) is 0 Å². The molecule has 0 aromatic carbocycles. The summed E-state index contributed by atoms with van der Waals surface area (Å²) in [6, 6.07) is -0.691. The zero-order chi connectivity index (χ0) is 14.5. The Kier molecular flexibility index (Phi) is 4.91. The van der Waals surface area contributed by atoms with Gasteiger partial charge < -0.3 is 20.1 Å². The molecule has 2 heterocycles. The number of hydrogen-bond donors (Lipinski definition) is 2. The second-order valence-corrected chi connectivity index (χ2v) is 5.60. The van der Waals surface area contributed by atoms with Gasteiger partial charge in [-0.3, -0.25) is 4.79 Å². The lowest BCUT2D eigenvalue weighted by Gasteiger charge is -2.34. The molecule has 20 heavy (non-hydrogen) atoms. The van der Waals surface area contributed by atoms with E-state index in [-0.39, 0.29) is 19.1 Å². The first-order valence-electron chi connectivity index (χ1n) is 6.31. The normalized spacial score (nSPS) is 18.9. The van der Waals surface area contributed by atoms with E-state index in [0.717, 1.165) is 10.7 Å². The third kappa shape index (κ3) is 3.91. The number of morpholine rings is 1. The number of aryl methyl sites for hydroxylation is 1. The van der Waals surface area contributed by atoms with Gasteiger partial charge in [0, 0.05) is 11.9 Å². The maximum absolute atomic E-state index is 12.1. The predicted molar refractivity (Wildman–Crippen MR) is 72.7 cm³/mol. The molecule has 1 saturated heterocycles. The number of urea groups is 1. The Labute approximate surface area is 120 Å². The largest absolute Gasteiger partial charge is 0.481 e. The van der Waals surface area contributed by atoms with Crippen LogP contribution in [-0.2, 0) is 16.1 Å². The van der Waals surface area contributed by atoms with Crippen molar-refractivity contribution in [3.63, 3.8) is 0 Å². The number of amides is 2. The molecule has 1 fully saturated rings. The Balaban J connectivity index is 1.90. The summed E-state index contributed by atoms with van der Waals surface area (Å²) in [5, 5.41) is 14.5. The van der Waals surface area contributed by atoms with Gasteiger partial charge in [0.05, 0.1) is 42.9 Å². The van der Waals surface area contributed by atoms with Crippen LogP contribution in [0.5, 0.6) is 0 Å². The summed E-state index contributed by atoms with van der Waals surface area (Å²) in [5.74, 6) is -0.937. The van der Waals surface area contributed by atoms with Gasteiger partial charge in [-0.15, -0.1) is 11.3 Å². The highest BCUT2D eigenvalue weighted by Gasteiger charge is 2.29. The monoisotopic (exact) mass is 299 g/mol. The molecule has 110 valence electrons. The number of carbonyl (C=O) groups excluding carboxylic acids is 1. The summed E-state index contributed by atoms with van der Waals surface area (Å²) in [6.45, 7) is 3.34. The van der Waals surface area contributed by atoms with Crippen LogP contribution in [0.25, 0.3) is 0 Å². The average molecular weight is 299 g/mol. The van der Waals surface area contributed by atoms with Crippen molar-refractivity contribution in [1.82, 2.24) is 15.2 Å². The standard InChI is InChI=1S/C12H17N3O4S/c1-8-14-9(7-20-8)5-13-12(18)15-2-3-19-6-10(15)4-11(16)17/h7,10H,2-6H2,1H3,(H,13,18)(H,16,17). The van der Waals surface area contributed by atoms with E-state index in [1.165, 1.54) is 16.2 Å². The lowest BCUT2D eigenvalue weighted by molar-refractivity contribution is -0.139. The molecule has 1 unspecified atom stereocenters. The van der Waals surface area contributed by atoms with Crippen LogP contribution in [0.2, 0.25) is 0 Å². The van der Waals surface area contributed by atoms with E-state index in [2.05, 4.69) is 10.3 Å². The molecule has 7 nitrogen and oxygen atoms in total. The molecule has 0 spiro atoms. The number of ether oxygens (including phenoxy) is 1. The lowest BCUT2D eigenvalue weighted by atomic mass is 10.1. The third-order valence-electron chi connectivity index (χ3n) is 2.99. The summed E-state index contributed by atoms with van der Waals surface area (Å²) >= 11 is 1.53. The Morgan fingerprint density at radius 2 is 2.45 bits per heavy atom. The van der Waals surface area contributed by atoms with E-state index < -0.39 is 12.0 Å². The number of carboxylic acids is 1. The van der Waals surface area contributed by atoms with Crippen molar-refractivity contribution in [1.29, 1.82) is 0 Å². The first-order valence-corrected chi connectivity index (χ1v) is 7.19. The van der Waals surface area contributed by atoms with Gasteiger partial charge in [0.15, 0.2) is 0 Å². The summed E-state index contributed by atoms with van der Waals surface area (Å²) in [5.41, 5.74) is 0.809. The quantitative estimate of drug-likeness (QED) is 0.859. The van der Waals surface area contributed by atoms with Crippen LogP contribution in [0.4, 0.5) is 4.79 Å². The third-order valence-corrected chi connectivity index (χ3v) is 3.81. The lowest BCUT2D eigenvalue weighted by Crippen LogP contribution is -2.53. The predicted octanol–water partition coefficient (Wildman–Crippen LogP) is 0.837. The average Bonchev–Trinajstić information content (AvgIpc) is 2.82. The van der Waals surface area contributed by atoms with Gasteiger partial charge in [0.25, 0.3) is 0 Å². The first kappa shape index (κ1) is 14.7. The molecule has 0 bridgehead atoms. The highest BCUT2D eigenvalue weighted by molar-refractivity contribution is 7.09. The fourth-order valence-electron chi connectivity index (χ4n) is 2.05. The van der Waals surface area contributed by atoms with Gasteiger partial charge in [0.2, 0.25) is 0 Å². The zero-order valence-corrected chi connectivity index (χ0v) is 12.0. The molecule has 1 aromatic rings. The minimum absolute atomic E-state index is 0.108. The maximum atomic E-state index is 12.1. The van der Waals surface area contributed by atoms with Crippen LogP contribution in [-0.4, -0.2) is 52.8 Å². The zero-order valence-electron chi connectivity index (χ0n) is 11.2. The van der Waals surface area contributed by atoms with Gasteiger partial charge >= 0.3 is 12.0 Å². The van der Waals surface area contributed by atoms with Crippen LogP contribution in [0.1, 0.15) is 17.1 Å². The SMILES string of the molecule is Cc1nc(CNC(=O)N2CCOCC2CC(=O)O)cs1. The Morgan fingerprint density at radius 3 is 3.10 bits per heavy atom. The fraction of sp³-hybridized carbons (Fsp3) is 0.583. The van der Waals surface area contributed by atoms with Crippen LogP contribution in [0, 0.1) is 6.92 Å². The fourth-order valence-corrected chi connectivity index (χ4v) is 2.66. The number of rotatable bonds is 4. The summed E-state index contributed by atoms with van der Waals surface area (Å²) in [7, 11) is 0. The second kappa shape index (κ2) is 6.67. The van der Waals surface area contributed by atoms with Crippen molar-refractivity contribution in [2.75, 3.05) is 19.8 Å². The number of carbonyl (C=O) groups is 2. The Bertz CT molecular complexity index is 491. The van der Waals surface area contributed by atoms with Gasteiger partial charge in [-0.2, -0.15) is 0 Å². The number of thiazole rings is 1. The molecule has 2 N–H and O–H groups in total. The van der Waals surface area contributed by atoms with E-state index in [0.29, 0.717) is 19.7 Å². The Hall–Kier alpha value is -1.67. The summed E-state index contributed by atoms with van der Waals surface area (Å²) in [4.78, 5) is 28.7. The molecule has 0 radical (unpaired) electrons. The van der Waals surface area contributed by atoms with Crippen LogP contribution < -0.4 is 5.32 Å². The van der Waals surface area contributed by atoms with Crippen LogP contribution in [0.15, 0.2) is 5.38 Å². The molecule has 1 atom stereocenters. The molecular weight excluding hydrogens is 282 g/mol. The molecule has 2 rings (SSSR count). The number of hydrogen-bond acceptors (Lipinski definition) is 5. The Morgan fingerprint density at radius 1 is 1.65 bits per heavy atom. The van der Waals surface area contributed by atoms with Gasteiger partial charge in [-0.05, 0) is 6.92 Å². The van der Waals surface area contributed by atoms with Gasteiger partial charge in [-0.25, -0.2) is 9.78 Å². The van der Waals surface area contributed by atoms with Gasteiger partial charge in [-0.1, -0.05) is 0 Å². The van der Waals surface area contributed by atoms with Crippen LogP contribution >= 0.6 is 11.3 Å². The number of nitrogens with zero attached hydrogens (tertiary/aromatic N) is 2. The minimum Gasteiger partial charge on any atom is -0.481 e. The summed E-state index contributed by atoms with van der Waals surface area (Å²) in [6.07, 6.45) is -0.108. The van der Waals surface area contributed by atoms with E-state index in [9.17, 15) is 9.59 Å². The van der Waals surface area contributed by atoms with E-state index in [4.69, 9.17) is 9.84 Å². The van der Waals surface area contributed by atoms with Crippen molar-refractivity contribution >= 4 is 23.3 Å². The first-order chi connectivity index (χ1) is 9.56. The molecule has 0 saturated carbocycles.